The Labute approximate surface area is 175 Å². The maximum atomic E-state index is 13.1. The summed E-state index contributed by atoms with van der Waals surface area (Å²) in [5, 5.41) is 20.5. The largest absolute Gasteiger partial charge is 0.465 e. The molecule has 1 aliphatic carbocycles. The van der Waals surface area contributed by atoms with E-state index in [1.54, 1.807) is 17.0 Å². The van der Waals surface area contributed by atoms with Gasteiger partial charge in [-0.2, -0.15) is 0 Å². The van der Waals surface area contributed by atoms with Gasteiger partial charge < -0.3 is 20.0 Å². The lowest BCUT2D eigenvalue weighted by molar-refractivity contribution is -0.137. The van der Waals surface area contributed by atoms with E-state index in [4.69, 9.17) is 23.2 Å². The van der Waals surface area contributed by atoms with Crippen LogP contribution in [0.5, 0.6) is 0 Å². The van der Waals surface area contributed by atoms with Gasteiger partial charge in [0.15, 0.2) is 0 Å². The first-order valence-corrected chi connectivity index (χ1v) is 10.3. The lowest BCUT2D eigenvalue weighted by Crippen LogP contribution is -2.43. The average molecular weight is 429 g/mol. The summed E-state index contributed by atoms with van der Waals surface area (Å²) in [5.41, 5.74) is 0.172. The maximum Gasteiger partial charge on any atom is 0.407 e. The molecule has 2 aliphatic rings. The summed E-state index contributed by atoms with van der Waals surface area (Å²) in [7, 11) is 1.53. The third kappa shape index (κ3) is 4.39. The van der Waals surface area contributed by atoms with Crippen LogP contribution in [0.25, 0.3) is 0 Å². The molecule has 1 aromatic carbocycles. The number of hydrogen-bond acceptors (Lipinski definition) is 3. The molecule has 154 valence electrons. The number of amides is 2. The Kier molecular flexibility index (Phi) is 6.13. The van der Waals surface area contributed by atoms with E-state index in [9.17, 15) is 19.8 Å². The standard InChI is InChI=1S/C20H26Cl2N2O4/c1-20(28)7-5-12(6-8-20)18(25)24-10-14(17(11-24)23(2)19(26)27)13-3-4-15(21)16(22)9-13/h3-4,9,12,14,17,28H,5-8,10-11H2,1-2H3,(H,26,27)/t12-,14-,17+,20+/m1/s1. The molecule has 2 amide bonds. The SMILES string of the molecule is CN(C(=O)O)[C@H]1CN(C(=O)[C@H]2CC[C@@](C)(O)CC2)C[C@@H]1c1ccc(Cl)c(Cl)c1. The molecule has 1 saturated carbocycles. The van der Waals surface area contributed by atoms with E-state index < -0.39 is 11.7 Å². The van der Waals surface area contributed by atoms with Crippen LogP contribution in [0, 0.1) is 5.92 Å². The van der Waals surface area contributed by atoms with Crippen molar-refractivity contribution in [3.8, 4) is 0 Å². The van der Waals surface area contributed by atoms with E-state index in [0.717, 1.165) is 5.56 Å². The minimum absolute atomic E-state index is 0.0434. The van der Waals surface area contributed by atoms with Gasteiger partial charge in [0.2, 0.25) is 5.91 Å². The van der Waals surface area contributed by atoms with Gasteiger partial charge in [-0.1, -0.05) is 29.3 Å². The number of likely N-dealkylation sites (tertiary alicyclic amines) is 1. The fraction of sp³-hybridized carbons (Fsp3) is 0.600. The molecule has 1 aliphatic heterocycles. The van der Waals surface area contributed by atoms with Crippen molar-refractivity contribution in [1.29, 1.82) is 0 Å². The fourth-order valence-electron chi connectivity index (χ4n) is 4.32. The second kappa shape index (κ2) is 8.09. The highest BCUT2D eigenvalue weighted by Crippen LogP contribution is 2.37. The average Bonchev–Trinajstić information content (AvgIpc) is 3.08. The summed E-state index contributed by atoms with van der Waals surface area (Å²) in [5.74, 6) is -0.253. The maximum absolute atomic E-state index is 13.1. The van der Waals surface area contributed by atoms with Crippen LogP contribution in [0.3, 0.4) is 0 Å². The minimum atomic E-state index is -1.03. The molecule has 8 heteroatoms. The summed E-state index contributed by atoms with van der Waals surface area (Å²) < 4.78 is 0. The van der Waals surface area contributed by atoms with Crippen LogP contribution in [0.15, 0.2) is 18.2 Å². The summed E-state index contributed by atoms with van der Waals surface area (Å²) in [6.45, 7) is 2.59. The Morgan fingerprint density at radius 2 is 1.82 bits per heavy atom. The predicted octanol–water partition coefficient (Wildman–Crippen LogP) is 3.84. The van der Waals surface area contributed by atoms with Crippen molar-refractivity contribution in [2.24, 2.45) is 5.92 Å². The number of nitrogens with zero attached hydrogens (tertiary/aromatic N) is 2. The molecule has 2 fully saturated rings. The second-order valence-corrected chi connectivity index (χ2v) is 9.07. The van der Waals surface area contributed by atoms with Gasteiger partial charge in [-0.25, -0.2) is 4.79 Å². The van der Waals surface area contributed by atoms with Crippen molar-refractivity contribution in [1.82, 2.24) is 9.80 Å². The van der Waals surface area contributed by atoms with Crippen molar-refractivity contribution in [3.05, 3.63) is 33.8 Å². The summed E-state index contributed by atoms with van der Waals surface area (Å²) in [6.07, 6.45) is 1.48. The van der Waals surface area contributed by atoms with Gasteiger partial charge in [0.1, 0.15) is 0 Å². The lowest BCUT2D eigenvalue weighted by Gasteiger charge is -2.34. The Morgan fingerprint density at radius 3 is 2.39 bits per heavy atom. The van der Waals surface area contributed by atoms with Crippen molar-refractivity contribution >= 4 is 35.2 Å². The number of carbonyl (C=O) groups excluding carboxylic acids is 1. The van der Waals surface area contributed by atoms with E-state index in [1.807, 2.05) is 13.0 Å². The topological polar surface area (TPSA) is 81.1 Å². The zero-order valence-electron chi connectivity index (χ0n) is 16.1. The molecule has 0 radical (unpaired) electrons. The number of hydrogen-bond donors (Lipinski definition) is 2. The highest BCUT2D eigenvalue weighted by atomic mass is 35.5. The molecule has 2 atom stereocenters. The Hall–Kier alpha value is -1.50. The third-order valence-corrected chi connectivity index (χ3v) is 6.92. The van der Waals surface area contributed by atoms with Gasteiger partial charge in [0.25, 0.3) is 0 Å². The summed E-state index contributed by atoms with van der Waals surface area (Å²) >= 11 is 12.2. The first kappa shape index (κ1) is 21.2. The van der Waals surface area contributed by atoms with Gasteiger partial charge in [-0.3, -0.25) is 4.79 Å². The first-order chi connectivity index (χ1) is 13.1. The van der Waals surface area contributed by atoms with Crippen LogP contribution < -0.4 is 0 Å². The van der Waals surface area contributed by atoms with Crippen molar-refractivity contribution in [2.45, 2.75) is 50.2 Å². The Balaban J connectivity index is 1.80. The molecule has 0 spiro atoms. The van der Waals surface area contributed by atoms with Crippen LogP contribution in [-0.4, -0.2) is 63.8 Å². The molecule has 0 aromatic heterocycles. The minimum Gasteiger partial charge on any atom is -0.465 e. The van der Waals surface area contributed by atoms with Crippen molar-refractivity contribution in [2.75, 3.05) is 20.1 Å². The molecule has 1 saturated heterocycles. The van der Waals surface area contributed by atoms with Gasteiger partial charge in [0.05, 0.1) is 21.7 Å². The van der Waals surface area contributed by atoms with Crippen LogP contribution in [0.1, 0.15) is 44.1 Å². The normalized spacial score (nSPS) is 30.3. The highest BCUT2D eigenvalue weighted by molar-refractivity contribution is 6.42. The molecule has 0 unspecified atom stereocenters. The van der Waals surface area contributed by atoms with Gasteiger partial charge >= 0.3 is 6.09 Å². The molecule has 1 aromatic rings. The third-order valence-electron chi connectivity index (χ3n) is 6.18. The summed E-state index contributed by atoms with van der Waals surface area (Å²) in [6, 6.07) is 4.94. The zero-order chi connectivity index (χ0) is 20.6. The van der Waals surface area contributed by atoms with Crippen LogP contribution >= 0.6 is 23.2 Å². The number of aliphatic hydroxyl groups is 1. The van der Waals surface area contributed by atoms with Crippen LogP contribution in [-0.2, 0) is 4.79 Å². The molecule has 3 rings (SSSR count). The van der Waals surface area contributed by atoms with E-state index in [2.05, 4.69) is 0 Å². The molecule has 1 heterocycles. The van der Waals surface area contributed by atoms with Gasteiger partial charge in [-0.15, -0.1) is 0 Å². The van der Waals surface area contributed by atoms with E-state index in [-0.39, 0.29) is 23.8 Å². The molecule has 0 bridgehead atoms. The second-order valence-electron chi connectivity index (χ2n) is 8.26. The Bertz CT molecular complexity index is 761. The van der Waals surface area contributed by atoms with E-state index in [1.165, 1.54) is 11.9 Å². The van der Waals surface area contributed by atoms with Gasteiger partial charge in [0, 0.05) is 32.0 Å². The molecule has 2 N–H and O–H groups in total. The highest BCUT2D eigenvalue weighted by Gasteiger charge is 2.43. The van der Waals surface area contributed by atoms with Crippen molar-refractivity contribution in [3.63, 3.8) is 0 Å². The first-order valence-electron chi connectivity index (χ1n) is 9.51. The van der Waals surface area contributed by atoms with E-state index >= 15 is 0 Å². The molecule has 28 heavy (non-hydrogen) atoms. The van der Waals surface area contributed by atoms with Gasteiger partial charge in [-0.05, 0) is 50.3 Å². The number of halogens is 2. The monoisotopic (exact) mass is 428 g/mol. The predicted molar refractivity (Wildman–Crippen MR) is 108 cm³/mol. The van der Waals surface area contributed by atoms with Crippen LogP contribution in [0.2, 0.25) is 10.0 Å². The number of likely N-dealkylation sites (N-methyl/N-ethyl adjacent to an activating group) is 1. The molecular formula is C20H26Cl2N2O4. The number of benzene rings is 1. The van der Waals surface area contributed by atoms with E-state index in [0.29, 0.717) is 48.8 Å². The zero-order valence-corrected chi connectivity index (χ0v) is 17.6. The smallest absolute Gasteiger partial charge is 0.407 e. The number of carboxylic acid groups (broad SMARTS) is 1. The van der Waals surface area contributed by atoms with Crippen LogP contribution in [0.4, 0.5) is 4.79 Å². The van der Waals surface area contributed by atoms with Crippen molar-refractivity contribution < 1.29 is 19.8 Å². The Morgan fingerprint density at radius 1 is 1.18 bits per heavy atom. The quantitative estimate of drug-likeness (QED) is 0.765. The number of rotatable bonds is 3. The fourth-order valence-corrected chi connectivity index (χ4v) is 4.62. The summed E-state index contributed by atoms with van der Waals surface area (Å²) in [4.78, 5) is 27.7. The molecular weight excluding hydrogens is 403 g/mol. The lowest BCUT2D eigenvalue weighted by atomic mass is 9.79. The molecule has 6 nitrogen and oxygen atoms in total. The number of carbonyl (C=O) groups is 2.